The van der Waals surface area contributed by atoms with Gasteiger partial charge >= 0.3 is 0 Å². The molecule has 26 heavy (non-hydrogen) atoms. The quantitative estimate of drug-likeness (QED) is 0.787. The van der Waals surface area contributed by atoms with Crippen molar-refractivity contribution in [2.24, 2.45) is 11.3 Å². The zero-order chi connectivity index (χ0) is 17.8. The Morgan fingerprint density at radius 3 is 2.62 bits per heavy atom. The molecule has 148 valence electrons. The number of carbonyl (C=O) groups is 1. The minimum absolute atomic E-state index is 0.0483. The molecule has 2 aliphatic carbocycles. The van der Waals surface area contributed by atoms with Gasteiger partial charge in [0.05, 0.1) is 19.3 Å². The van der Waals surface area contributed by atoms with Crippen LogP contribution in [0.4, 0.5) is 0 Å². The van der Waals surface area contributed by atoms with Crippen LogP contribution in [-0.2, 0) is 9.53 Å². The number of carbonyl (C=O) groups excluding carboxylic acids is 1. The molecule has 0 aromatic rings. The largest absolute Gasteiger partial charge is 0.379 e. The summed E-state index contributed by atoms with van der Waals surface area (Å²) in [6, 6.07) is 0.642. The average molecular weight is 364 g/mol. The van der Waals surface area contributed by atoms with Crippen molar-refractivity contribution in [2.45, 2.75) is 76.3 Å². The minimum Gasteiger partial charge on any atom is -0.379 e. The molecule has 0 radical (unpaired) electrons. The molecule has 3 atom stereocenters. The third-order valence-corrected chi connectivity index (χ3v) is 7.39. The Morgan fingerprint density at radius 1 is 1.08 bits per heavy atom. The number of morpholine rings is 1. The molecule has 2 aliphatic heterocycles. The Labute approximate surface area is 158 Å². The topological polar surface area (TPSA) is 53.6 Å². The third-order valence-electron chi connectivity index (χ3n) is 7.39. The predicted octanol–water partition coefficient (Wildman–Crippen LogP) is 2.31. The van der Waals surface area contributed by atoms with E-state index < -0.39 is 0 Å². The first-order valence-corrected chi connectivity index (χ1v) is 11.1. The van der Waals surface area contributed by atoms with Crippen LogP contribution in [0.1, 0.15) is 64.2 Å². The first-order chi connectivity index (χ1) is 12.7. The fourth-order valence-electron chi connectivity index (χ4n) is 5.85. The van der Waals surface area contributed by atoms with Gasteiger partial charge in [0, 0.05) is 37.6 Å². The van der Waals surface area contributed by atoms with E-state index in [0.29, 0.717) is 6.04 Å². The molecular weight excluding hydrogens is 326 g/mol. The van der Waals surface area contributed by atoms with Crippen LogP contribution in [0.5, 0.6) is 0 Å². The summed E-state index contributed by atoms with van der Waals surface area (Å²) in [4.78, 5) is 15.4. The van der Waals surface area contributed by atoms with Crippen molar-refractivity contribution in [1.82, 2.24) is 15.5 Å². The summed E-state index contributed by atoms with van der Waals surface area (Å²) in [5.74, 6) is 0.989. The second kappa shape index (κ2) is 8.57. The number of ether oxygens (including phenoxy) is 1. The van der Waals surface area contributed by atoms with Crippen molar-refractivity contribution >= 4 is 5.91 Å². The van der Waals surface area contributed by atoms with Crippen LogP contribution >= 0.6 is 0 Å². The Bertz CT molecular complexity index is 458. The summed E-state index contributed by atoms with van der Waals surface area (Å²) in [6.07, 6.45) is 12.8. The fourth-order valence-corrected chi connectivity index (χ4v) is 5.85. The van der Waals surface area contributed by atoms with Gasteiger partial charge in [0.25, 0.3) is 0 Å². The van der Waals surface area contributed by atoms with E-state index in [1.165, 1.54) is 57.8 Å². The van der Waals surface area contributed by atoms with Crippen molar-refractivity contribution in [3.05, 3.63) is 0 Å². The average Bonchev–Trinajstić information content (AvgIpc) is 3.12. The highest BCUT2D eigenvalue weighted by Crippen LogP contribution is 2.37. The lowest BCUT2D eigenvalue weighted by molar-refractivity contribution is -0.123. The van der Waals surface area contributed by atoms with Crippen LogP contribution in [-0.4, -0.2) is 62.3 Å². The van der Waals surface area contributed by atoms with Crippen LogP contribution in [0.3, 0.4) is 0 Å². The predicted molar refractivity (Wildman–Crippen MR) is 103 cm³/mol. The Balaban J connectivity index is 1.31. The molecule has 5 nitrogen and oxygen atoms in total. The summed E-state index contributed by atoms with van der Waals surface area (Å²) < 4.78 is 5.51. The van der Waals surface area contributed by atoms with Gasteiger partial charge in [-0.2, -0.15) is 0 Å². The molecule has 2 N–H and O–H groups in total. The molecule has 4 aliphatic rings. The molecule has 1 amide bonds. The van der Waals surface area contributed by atoms with Crippen LogP contribution in [0.2, 0.25) is 0 Å². The Kier molecular flexibility index (Phi) is 6.17. The molecule has 4 fully saturated rings. The summed E-state index contributed by atoms with van der Waals surface area (Å²) in [7, 11) is 0. The lowest BCUT2D eigenvalue weighted by atomic mass is 9.73. The van der Waals surface area contributed by atoms with Gasteiger partial charge in [0.1, 0.15) is 0 Å². The molecule has 4 rings (SSSR count). The highest BCUT2D eigenvalue weighted by Gasteiger charge is 2.40. The van der Waals surface area contributed by atoms with Gasteiger partial charge in [0.2, 0.25) is 5.91 Å². The van der Waals surface area contributed by atoms with Crippen LogP contribution in [0.15, 0.2) is 0 Å². The molecule has 0 spiro atoms. The van der Waals surface area contributed by atoms with Crippen LogP contribution < -0.4 is 10.6 Å². The molecule has 5 heteroatoms. The maximum Gasteiger partial charge on any atom is 0.237 e. The standard InChI is InChI=1S/C21H37N3O2/c25-20(19-14-17-6-2-3-7-18(17)23-19)22-15-21(8-4-1-5-9-21)16-24-10-12-26-13-11-24/h17-19,23H,1-16H2,(H,22,25). The number of nitrogens with one attached hydrogen (secondary N) is 2. The fraction of sp³-hybridized carbons (Fsp3) is 0.952. The second-order valence-electron chi connectivity index (χ2n) is 9.27. The second-order valence-corrected chi connectivity index (χ2v) is 9.27. The van der Waals surface area contributed by atoms with E-state index in [4.69, 9.17) is 4.74 Å². The Hall–Kier alpha value is -0.650. The van der Waals surface area contributed by atoms with E-state index >= 15 is 0 Å². The summed E-state index contributed by atoms with van der Waals surface area (Å²) in [5.41, 5.74) is 0.274. The maximum absolute atomic E-state index is 12.9. The zero-order valence-electron chi connectivity index (χ0n) is 16.3. The molecule has 0 aromatic heterocycles. The van der Waals surface area contributed by atoms with Crippen molar-refractivity contribution in [1.29, 1.82) is 0 Å². The summed E-state index contributed by atoms with van der Waals surface area (Å²) in [6.45, 7) is 5.79. The number of fused-ring (bicyclic) bond motifs is 1. The van der Waals surface area contributed by atoms with Crippen molar-refractivity contribution < 1.29 is 9.53 Å². The number of amides is 1. The van der Waals surface area contributed by atoms with E-state index in [1.807, 2.05) is 0 Å². The number of hydrogen-bond donors (Lipinski definition) is 2. The monoisotopic (exact) mass is 363 g/mol. The molecule has 0 bridgehead atoms. The summed E-state index contributed by atoms with van der Waals surface area (Å²) in [5, 5.41) is 7.01. The van der Waals surface area contributed by atoms with Crippen molar-refractivity contribution in [2.75, 3.05) is 39.4 Å². The lowest BCUT2D eigenvalue weighted by Crippen LogP contribution is -2.51. The first kappa shape index (κ1) is 18.7. The van der Waals surface area contributed by atoms with Gasteiger partial charge in [-0.25, -0.2) is 0 Å². The minimum atomic E-state index is 0.0483. The number of nitrogens with zero attached hydrogens (tertiary/aromatic N) is 1. The Morgan fingerprint density at radius 2 is 1.85 bits per heavy atom. The molecule has 3 unspecified atom stereocenters. The van der Waals surface area contributed by atoms with Gasteiger partial charge in [-0.1, -0.05) is 32.1 Å². The molecule has 0 aromatic carbocycles. The smallest absolute Gasteiger partial charge is 0.237 e. The molecule has 2 heterocycles. The van der Waals surface area contributed by atoms with E-state index in [0.717, 1.165) is 51.7 Å². The lowest BCUT2D eigenvalue weighted by Gasteiger charge is -2.42. The van der Waals surface area contributed by atoms with Gasteiger partial charge in [0.15, 0.2) is 0 Å². The molecule has 2 saturated heterocycles. The van der Waals surface area contributed by atoms with Crippen LogP contribution in [0, 0.1) is 11.3 Å². The van der Waals surface area contributed by atoms with E-state index in [1.54, 1.807) is 0 Å². The van der Waals surface area contributed by atoms with E-state index in [9.17, 15) is 4.79 Å². The van der Waals surface area contributed by atoms with Gasteiger partial charge in [-0.05, 0) is 38.0 Å². The van der Waals surface area contributed by atoms with Crippen molar-refractivity contribution in [3.8, 4) is 0 Å². The normalized spacial score (nSPS) is 35.0. The maximum atomic E-state index is 12.9. The van der Waals surface area contributed by atoms with Crippen molar-refractivity contribution in [3.63, 3.8) is 0 Å². The third kappa shape index (κ3) is 4.42. The first-order valence-electron chi connectivity index (χ1n) is 11.1. The van der Waals surface area contributed by atoms with Gasteiger partial charge in [-0.15, -0.1) is 0 Å². The van der Waals surface area contributed by atoms with Gasteiger partial charge in [-0.3, -0.25) is 9.69 Å². The highest BCUT2D eigenvalue weighted by atomic mass is 16.5. The number of rotatable bonds is 5. The van der Waals surface area contributed by atoms with Gasteiger partial charge < -0.3 is 15.4 Å². The highest BCUT2D eigenvalue weighted by molar-refractivity contribution is 5.82. The van der Waals surface area contributed by atoms with E-state index in [2.05, 4.69) is 15.5 Å². The molecular formula is C21H37N3O2. The number of hydrogen-bond acceptors (Lipinski definition) is 4. The van der Waals surface area contributed by atoms with E-state index in [-0.39, 0.29) is 17.4 Å². The SMILES string of the molecule is O=C(NCC1(CN2CCOCC2)CCCCC1)C1CC2CCCCC2N1. The zero-order valence-corrected chi connectivity index (χ0v) is 16.3. The van der Waals surface area contributed by atoms with Crippen LogP contribution in [0.25, 0.3) is 0 Å². The molecule has 2 saturated carbocycles. The summed E-state index contributed by atoms with van der Waals surface area (Å²) >= 11 is 0.